The molecule has 0 aromatic carbocycles. The van der Waals surface area contributed by atoms with Crippen molar-refractivity contribution in [3.8, 4) is 0 Å². The van der Waals surface area contributed by atoms with Gasteiger partial charge in [0.2, 0.25) is 0 Å². The van der Waals surface area contributed by atoms with Crippen molar-refractivity contribution >= 4 is 23.1 Å². The first kappa shape index (κ1) is 14.9. The number of carbonyl (C=O) groups excluding carboxylic acids is 1. The Kier molecular flexibility index (Phi) is 5.03. The van der Waals surface area contributed by atoms with E-state index in [9.17, 15) is 4.79 Å². The lowest BCUT2D eigenvalue weighted by Gasteiger charge is -2.32. The van der Waals surface area contributed by atoms with Crippen LogP contribution in [0.2, 0.25) is 0 Å². The number of nitrogens with zero attached hydrogens (tertiary/aromatic N) is 2. The van der Waals surface area contributed by atoms with Gasteiger partial charge in [0.1, 0.15) is 10.7 Å². The minimum Gasteiger partial charge on any atom is -0.389 e. The van der Waals surface area contributed by atoms with Crippen LogP contribution in [0.15, 0.2) is 18.3 Å². The summed E-state index contributed by atoms with van der Waals surface area (Å²) in [4.78, 5) is 18.7. The minimum absolute atomic E-state index is 0.0414. The third-order valence-electron chi connectivity index (χ3n) is 3.48. The molecule has 0 bridgehead atoms. The maximum absolute atomic E-state index is 12.4. The third-order valence-corrected chi connectivity index (χ3v) is 3.71. The van der Waals surface area contributed by atoms with Crippen LogP contribution in [0.4, 0.5) is 0 Å². The van der Waals surface area contributed by atoms with E-state index in [1.807, 2.05) is 4.90 Å². The highest BCUT2D eigenvalue weighted by atomic mass is 32.1. The molecule has 1 unspecified atom stereocenters. The zero-order valence-corrected chi connectivity index (χ0v) is 12.4. The average molecular weight is 293 g/mol. The topological polar surface area (TPSA) is 68.5 Å². The Morgan fingerprint density at radius 1 is 1.60 bits per heavy atom. The predicted octanol–water partition coefficient (Wildman–Crippen LogP) is 1.21. The van der Waals surface area contributed by atoms with Gasteiger partial charge < -0.3 is 15.4 Å². The van der Waals surface area contributed by atoms with E-state index in [-0.39, 0.29) is 10.9 Å². The van der Waals surface area contributed by atoms with Gasteiger partial charge in [0.25, 0.3) is 5.91 Å². The molecule has 2 N–H and O–H groups in total. The summed E-state index contributed by atoms with van der Waals surface area (Å²) >= 11 is 4.87. The Bertz CT molecular complexity index is 488. The first-order valence-electron chi connectivity index (χ1n) is 6.66. The largest absolute Gasteiger partial charge is 0.389 e. The second-order valence-corrected chi connectivity index (χ2v) is 5.45. The molecule has 1 atom stereocenters. The van der Waals surface area contributed by atoms with E-state index in [4.69, 9.17) is 22.7 Å². The molecule has 1 fully saturated rings. The molecule has 1 aliphatic rings. The lowest BCUT2D eigenvalue weighted by molar-refractivity contribution is 0.0565. The molecule has 20 heavy (non-hydrogen) atoms. The van der Waals surface area contributed by atoms with Crippen LogP contribution in [0.1, 0.15) is 28.9 Å². The van der Waals surface area contributed by atoms with Crippen LogP contribution in [-0.4, -0.2) is 47.6 Å². The van der Waals surface area contributed by atoms with Crippen LogP contribution in [0.5, 0.6) is 0 Å². The molecule has 5 nitrogen and oxygen atoms in total. The van der Waals surface area contributed by atoms with Gasteiger partial charge in [0.05, 0.1) is 6.61 Å². The molecule has 0 radical (unpaired) electrons. The van der Waals surface area contributed by atoms with E-state index >= 15 is 0 Å². The number of methoxy groups -OCH3 is 1. The maximum atomic E-state index is 12.4. The first-order valence-corrected chi connectivity index (χ1v) is 7.06. The molecule has 1 aliphatic heterocycles. The van der Waals surface area contributed by atoms with Crippen molar-refractivity contribution in [2.75, 3.05) is 26.8 Å². The van der Waals surface area contributed by atoms with E-state index < -0.39 is 0 Å². The second-order valence-electron chi connectivity index (χ2n) is 5.01. The van der Waals surface area contributed by atoms with Gasteiger partial charge >= 0.3 is 0 Å². The molecule has 0 spiro atoms. The van der Waals surface area contributed by atoms with Gasteiger partial charge in [-0.15, -0.1) is 0 Å². The number of piperidine rings is 1. The van der Waals surface area contributed by atoms with Crippen molar-refractivity contribution in [2.45, 2.75) is 12.8 Å². The standard InChI is InChI=1S/C14H19N3O2S/c1-19-9-10-3-2-6-17(8-10)14(18)12-5-4-11(7-16-12)13(15)20/h4-5,7,10H,2-3,6,8-9H2,1H3,(H2,15,20). The molecule has 1 aromatic rings. The number of thiocarbonyl (C=S) groups is 1. The molecule has 2 rings (SSSR count). The fraction of sp³-hybridized carbons (Fsp3) is 0.500. The molecule has 6 heteroatoms. The number of amides is 1. The molecule has 0 saturated carbocycles. The molecular formula is C14H19N3O2S. The van der Waals surface area contributed by atoms with E-state index in [1.54, 1.807) is 25.4 Å². The van der Waals surface area contributed by atoms with Crippen LogP contribution in [0.25, 0.3) is 0 Å². The van der Waals surface area contributed by atoms with Crippen LogP contribution >= 0.6 is 12.2 Å². The molecule has 0 aliphatic carbocycles. The SMILES string of the molecule is COCC1CCCN(C(=O)c2ccc(C(N)=S)cn2)C1. The zero-order valence-electron chi connectivity index (χ0n) is 11.5. The summed E-state index contributed by atoms with van der Waals surface area (Å²) < 4.78 is 5.18. The number of nitrogens with two attached hydrogens (primary N) is 1. The summed E-state index contributed by atoms with van der Waals surface area (Å²) in [5.74, 6) is 0.369. The van der Waals surface area contributed by atoms with Gasteiger partial charge in [-0.1, -0.05) is 12.2 Å². The minimum atomic E-state index is -0.0414. The van der Waals surface area contributed by atoms with Crippen molar-refractivity contribution in [3.63, 3.8) is 0 Å². The smallest absolute Gasteiger partial charge is 0.272 e. The fourth-order valence-electron chi connectivity index (χ4n) is 2.45. The Balaban J connectivity index is 2.04. The monoisotopic (exact) mass is 293 g/mol. The average Bonchev–Trinajstić information content (AvgIpc) is 2.47. The Labute approximate surface area is 124 Å². The lowest BCUT2D eigenvalue weighted by Crippen LogP contribution is -2.41. The summed E-state index contributed by atoms with van der Waals surface area (Å²) in [5, 5.41) is 0. The van der Waals surface area contributed by atoms with E-state index in [0.29, 0.717) is 23.8 Å². The van der Waals surface area contributed by atoms with Crippen molar-refractivity contribution in [3.05, 3.63) is 29.6 Å². The molecule has 1 amide bonds. The number of carbonyl (C=O) groups is 1. The molecule has 108 valence electrons. The first-order chi connectivity index (χ1) is 9.61. The fourth-order valence-corrected chi connectivity index (χ4v) is 2.57. The van der Waals surface area contributed by atoms with Gasteiger partial charge in [-0.05, 0) is 30.9 Å². The van der Waals surface area contributed by atoms with Crippen LogP contribution in [-0.2, 0) is 4.74 Å². The number of likely N-dealkylation sites (tertiary alicyclic amines) is 1. The Morgan fingerprint density at radius 2 is 2.40 bits per heavy atom. The van der Waals surface area contributed by atoms with Crippen molar-refractivity contribution < 1.29 is 9.53 Å². The Hall–Kier alpha value is -1.53. The van der Waals surface area contributed by atoms with Gasteiger partial charge in [-0.3, -0.25) is 9.78 Å². The maximum Gasteiger partial charge on any atom is 0.272 e. The zero-order chi connectivity index (χ0) is 14.5. The van der Waals surface area contributed by atoms with Crippen molar-refractivity contribution in [1.82, 2.24) is 9.88 Å². The third kappa shape index (κ3) is 3.52. The highest BCUT2D eigenvalue weighted by molar-refractivity contribution is 7.80. The summed E-state index contributed by atoms with van der Waals surface area (Å²) in [6, 6.07) is 3.41. The second kappa shape index (κ2) is 6.76. The van der Waals surface area contributed by atoms with E-state index in [2.05, 4.69) is 4.98 Å². The van der Waals surface area contributed by atoms with Crippen molar-refractivity contribution in [2.24, 2.45) is 11.7 Å². The van der Waals surface area contributed by atoms with E-state index in [1.165, 1.54) is 0 Å². The van der Waals surface area contributed by atoms with E-state index in [0.717, 1.165) is 25.9 Å². The lowest BCUT2D eigenvalue weighted by atomic mass is 9.98. The predicted molar refractivity (Wildman–Crippen MR) is 80.6 cm³/mol. The summed E-state index contributed by atoms with van der Waals surface area (Å²) in [6.07, 6.45) is 3.66. The summed E-state index contributed by atoms with van der Waals surface area (Å²) in [5.41, 5.74) is 6.62. The Morgan fingerprint density at radius 3 is 3.00 bits per heavy atom. The molecule has 1 saturated heterocycles. The van der Waals surface area contributed by atoms with Gasteiger partial charge in [-0.2, -0.15) is 0 Å². The van der Waals surface area contributed by atoms with Crippen LogP contribution < -0.4 is 5.73 Å². The van der Waals surface area contributed by atoms with Crippen molar-refractivity contribution in [1.29, 1.82) is 0 Å². The molecule has 1 aromatic heterocycles. The summed E-state index contributed by atoms with van der Waals surface area (Å²) in [6.45, 7) is 2.20. The van der Waals surface area contributed by atoms with Gasteiger partial charge in [0, 0.05) is 32.0 Å². The quantitative estimate of drug-likeness (QED) is 0.845. The number of aromatic nitrogens is 1. The summed E-state index contributed by atoms with van der Waals surface area (Å²) in [7, 11) is 1.69. The van der Waals surface area contributed by atoms with Crippen LogP contribution in [0, 0.1) is 5.92 Å². The van der Waals surface area contributed by atoms with Gasteiger partial charge in [0.15, 0.2) is 0 Å². The highest BCUT2D eigenvalue weighted by Gasteiger charge is 2.25. The number of hydrogen-bond donors (Lipinski definition) is 1. The molecule has 2 heterocycles. The number of pyridine rings is 1. The number of hydrogen-bond acceptors (Lipinski definition) is 4. The van der Waals surface area contributed by atoms with Gasteiger partial charge in [-0.25, -0.2) is 0 Å². The normalized spacial score (nSPS) is 18.9. The molecular weight excluding hydrogens is 274 g/mol. The van der Waals surface area contributed by atoms with Crippen LogP contribution in [0.3, 0.4) is 0 Å². The number of rotatable bonds is 4. The highest BCUT2D eigenvalue weighted by Crippen LogP contribution is 2.18. The number of ether oxygens (including phenoxy) is 1.